The molecule has 0 fully saturated rings. The fourth-order valence-corrected chi connectivity index (χ4v) is 1.37. The summed E-state index contributed by atoms with van der Waals surface area (Å²) in [4.78, 5) is 22.5. The monoisotopic (exact) mass is 254 g/mol. The molecule has 1 aromatic carbocycles. The molecule has 0 amide bonds. The predicted octanol–water partition coefficient (Wildman–Crippen LogP) is 2.60. The van der Waals surface area contributed by atoms with Crippen molar-refractivity contribution < 1.29 is 23.5 Å². The van der Waals surface area contributed by atoms with E-state index in [1.54, 1.807) is 20.8 Å². The number of esters is 1. The molecule has 0 saturated heterocycles. The van der Waals surface area contributed by atoms with Crippen molar-refractivity contribution in [3.05, 3.63) is 29.1 Å². The molecule has 0 aliphatic heterocycles. The van der Waals surface area contributed by atoms with E-state index in [4.69, 9.17) is 9.47 Å². The van der Waals surface area contributed by atoms with Gasteiger partial charge in [0.2, 0.25) is 0 Å². The molecule has 0 spiro atoms. The first-order chi connectivity index (χ1) is 8.28. The molecule has 0 saturated carbocycles. The van der Waals surface area contributed by atoms with Gasteiger partial charge in [0.1, 0.15) is 5.60 Å². The quantitative estimate of drug-likeness (QED) is 0.614. The maximum atomic E-state index is 13.6. The summed E-state index contributed by atoms with van der Waals surface area (Å²) in [6.45, 7) is 5.10. The van der Waals surface area contributed by atoms with Crippen molar-refractivity contribution in [1.29, 1.82) is 0 Å². The highest BCUT2D eigenvalue weighted by molar-refractivity contribution is 5.93. The Morgan fingerprint density at radius 3 is 2.39 bits per heavy atom. The van der Waals surface area contributed by atoms with Gasteiger partial charge in [-0.15, -0.1) is 0 Å². The van der Waals surface area contributed by atoms with Crippen LogP contribution in [0.1, 0.15) is 41.5 Å². The lowest BCUT2D eigenvalue weighted by atomic mass is 10.1. The Morgan fingerprint density at radius 1 is 1.33 bits per heavy atom. The Hall–Kier alpha value is -1.91. The highest BCUT2D eigenvalue weighted by Crippen LogP contribution is 2.24. The minimum absolute atomic E-state index is 0.0228. The number of halogens is 1. The molecule has 1 aromatic rings. The van der Waals surface area contributed by atoms with Gasteiger partial charge < -0.3 is 9.47 Å². The van der Waals surface area contributed by atoms with Gasteiger partial charge in [-0.05, 0) is 32.9 Å². The molecule has 0 heterocycles. The zero-order chi connectivity index (χ0) is 13.9. The van der Waals surface area contributed by atoms with E-state index in [-0.39, 0.29) is 16.9 Å². The van der Waals surface area contributed by atoms with Crippen LogP contribution in [0.2, 0.25) is 0 Å². The van der Waals surface area contributed by atoms with Gasteiger partial charge in [0.05, 0.1) is 18.2 Å². The first-order valence-electron chi connectivity index (χ1n) is 5.34. The summed E-state index contributed by atoms with van der Waals surface area (Å²) < 4.78 is 23.4. The Labute approximate surface area is 105 Å². The van der Waals surface area contributed by atoms with E-state index in [0.717, 1.165) is 6.07 Å². The van der Waals surface area contributed by atoms with Crippen molar-refractivity contribution in [3.63, 3.8) is 0 Å². The topological polar surface area (TPSA) is 52.6 Å². The highest BCUT2D eigenvalue weighted by Gasteiger charge is 2.21. The number of ether oxygens (including phenoxy) is 2. The normalized spacial score (nSPS) is 10.9. The van der Waals surface area contributed by atoms with E-state index in [9.17, 15) is 14.0 Å². The van der Waals surface area contributed by atoms with Crippen molar-refractivity contribution in [3.8, 4) is 5.75 Å². The Bertz CT molecular complexity index is 475. The van der Waals surface area contributed by atoms with Gasteiger partial charge in [0.25, 0.3) is 0 Å². The van der Waals surface area contributed by atoms with Crippen LogP contribution in [0.25, 0.3) is 0 Å². The zero-order valence-corrected chi connectivity index (χ0v) is 10.7. The van der Waals surface area contributed by atoms with Crippen molar-refractivity contribution in [2.24, 2.45) is 0 Å². The largest absolute Gasteiger partial charge is 0.493 e. The third kappa shape index (κ3) is 3.29. The van der Waals surface area contributed by atoms with Crippen LogP contribution in [0, 0.1) is 5.82 Å². The molecule has 0 atom stereocenters. The minimum Gasteiger partial charge on any atom is -0.493 e. The Balaban J connectivity index is 3.16. The number of benzene rings is 1. The molecule has 18 heavy (non-hydrogen) atoms. The number of carbonyl (C=O) groups is 2. The smallest absolute Gasteiger partial charge is 0.338 e. The van der Waals surface area contributed by atoms with Crippen molar-refractivity contribution in [2.45, 2.75) is 26.4 Å². The van der Waals surface area contributed by atoms with Gasteiger partial charge in [-0.3, -0.25) is 4.79 Å². The van der Waals surface area contributed by atoms with E-state index in [0.29, 0.717) is 6.29 Å². The van der Waals surface area contributed by atoms with E-state index >= 15 is 0 Å². The number of carbonyl (C=O) groups excluding carboxylic acids is 2. The number of hydrogen-bond acceptors (Lipinski definition) is 4. The van der Waals surface area contributed by atoms with Gasteiger partial charge in [0, 0.05) is 0 Å². The summed E-state index contributed by atoms with van der Waals surface area (Å²) in [5.41, 5.74) is -0.738. The Kier molecular flexibility index (Phi) is 4.06. The van der Waals surface area contributed by atoms with Gasteiger partial charge in [-0.25, -0.2) is 9.18 Å². The first-order valence-corrected chi connectivity index (χ1v) is 5.34. The summed E-state index contributed by atoms with van der Waals surface area (Å²) in [5.74, 6) is -1.65. The van der Waals surface area contributed by atoms with Crippen LogP contribution < -0.4 is 4.74 Å². The highest BCUT2D eigenvalue weighted by atomic mass is 19.1. The SMILES string of the molecule is COc1c(F)cc(C(=O)OC(C)(C)C)cc1C=O. The van der Waals surface area contributed by atoms with E-state index in [1.165, 1.54) is 13.2 Å². The molecule has 98 valence electrons. The van der Waals surface area contributed by atoms with Gasteiger partial charge >= 0.3 is 5.97 Å². The maximum Gasteiger partial charge on any atom is 0.338 e. The van der Waals surface area contributed by atoms with E-state index in [1.807, 2.05) is 0 Å². The lowest BCUT2D eigenvalue weighted by Crippen LogP contribution is -2.24. The van der Waals surface area contributed by atoms with Crippen LogP contribution in [-0.4, -0.2) is 25.0 Å². The van der Waals surface area contributed by atoms with Gasteiger partial charge in [0.15, 0.2) is 17.9 Å². The molecule has 0 N–H and O–H groups in total. The zero-order valence-electron chi connectivity index (χ0n) is 10.7. The molecule has 4 nitrogen and oxygen atoms in total. The van der Waals surface area contributed by atoms with Gasteiger partial charge in [-0.2, -0.15) is 0 Å². The molecular weight excluding hydrogens is 239 g/mol. The van der Waals surface area contributed by atoms with Crippen LogP contribution in [0.4, 0.5) is 4.39 Å². The first kappa shape index (κ1) is 14.2. The molecule has 0 aliphatic rings. The number of methoxy groups -OCH3 is 1. The average Bonchev–Trinajstić information content (AvgIpc) is 2.25. The van der Waals surface area contributed by atoms with Crippen LogP contribution in [0.3, 0.4) is 0 Å². The maximum absolute atomic E-state index is 13.6. The van der Waals surface area contributed by atoms with Crippen LogP contribution in [-0.2, 0) is 4.74 Å². The Morgan fingerprint density at radius 2 is 1.94 bits per heavy atom. The van der Waals surface area contributed by atoms with Crippen LogP contribution >= 0.6 is 0 Å². The van der Waals surface area contributed by atoms with Gasteiger partial charge in [-0.1, -0.05) is 0 Å². The van der Waals surface area contributed by atoms with Crippen LogP contribution in [0.15, 0.2) is 12.1 Å². The second-order valence-electron chi connectivity index (χ2n) is 4.70. The van der Waals surface area contributed by atoms with E-state index < -0.39 is 17.4 Å². The van der Waals surface area contributed by atoms with Crippen molar-refractivity contribution in [1.82, 2.24) is 0 Å². The summed E-state index contributed by atoms with van der Waals surface area (Å²) in [6, 6.07) is 2.23. The number of aldehydes is 1. The molecule has 0 unspecified atom stereocenters. The fraction of sp³-hybridized carbons (Fsp3) is 0.385. The number of hydrogen-bond donors (Lipinski definition) is 0. The summed E-state index contributed by atoms with van der Waals surface area (Å²) in [6.07, 6.45) is 0.426. The molecular formula is C13H15FO4. The standard InChI is InChI=1S/C13H15FO4/c1-13(2,3)18-12(16)8-5-9(7-15)11(17-4)10(14)6-8/h5-7H,1-4H3. The lowest BCUT2D eigenvalue weighted by Gasteiger charge is -2.19. The summed E-state index contributed by atoms with van der Waals surface area (Å²) in [5, 5.41) is 0. The summed E-state index contributed by atoms with van der Waals surface area (Å²) in [7, 11) is 1.25. The molecule has 0 aromatic heterocycles. The third-order valence-corrected chi connectivity index (χ3v) is 2.04. The van der Waals surface area contributed by atoms with Crippen LogP contribution in [0.5, 0.6) is 5.75 Å². The minimum atomic E-state index is -0.775. The predicted molar refractivity (Wildman–Crippen MR) is 63.5 cm³/mol. The molecule has 0 aliphatic carbocycles. The fourth-order valence-electron chi connectivity index (χ4n) is 1.37. The molecule has 0 radical (unpaired) electrons. The van der Waals surface area contributed by atoms with E-state index in [2.05, 4.69) is 0 Å². The van der Waals surface area contributed by atoms with Crippen molar-refractivity contribution in [2.75, 3.05) is 7.11 Å². The number of rotatable bonds is 3. The molecule has 1 rings (SSSR count). The second kappa shape index (κ2) is 5.16. The molecule has 5 heteroatoms. The second-order valence-corrected chi connectivity index (χ2v) is 4.70. The third-order valence-electron chi connectivity index (χ3n) is 2.04. The lowest BCUT2D eigenvalue weighted by molar-refractivity contribution is 0.00689. The molecule has 0 bridgehead atoms. The van der Waals surface area contributed by atoms with Crippen molar-refractivity contribution >= 4 is 12.3 Å². The average molecular weight is 254 g/mol. The summed E-state index contributed by atoms with van der Waals surface area (Å²) >= 11 is 0.